The molecule has 0 fully saturated rings. The molecule has 1 amide bonds. The lowest BCUT2D eigenvalue weighted by Crippen LogP contribution is -2.38. The molecule has 5 nitrogen and oxygen atoms in total. The Morgan fingerprint density at radius 1 is 0.919 bits per heavy atom. The van der Waals surface area contributed by atoms with E-state index in [0.29, 0.717) is 16.3 Å². The van der Waals surface area contributed by atoms with E-state index in [1.165, 1.54) is 4.31 Å². The summed E-state index contributed by atoms with van der Waals surface area (Å²) in [5, 5.41) is 0.564. The number of hydrogen-bond donors (Lipinski definition) is 0. The van der Waals surface area contributed by atoms with Gasteiger partial charge in [-0.1, -0.05) is 71.8 Å². The zero-order chi connectivity index (χ0) is 26.2. The number of nitrogens with zero attached hydrogens (tertiary/aromatic N) is 2. The van der Waals surface area contributed by atoms with E-state index in [1.54, 1.807) is 77.7 Å². The average molecular weight is 531 g/mol. The third-order valence-electron chi connectivity index (χ3n) is 6.68. The molecule has 1 heterocycles. The third-order valence-corrected chi connectivity index (χ3v) is 8.70. The van der Waals surface area contributed by atoms with Crippen LogP contribution in [-0.2, 0) is 23.0 Å². The molecule has 37 heavy (non-hydrogen) atoms. The maximum atomic E-state index is 14.0. The molecule has 0 spiro atoms. The first-order valence-electron chi connectivity index (χ1n) is 12.1. The summed E-state index contributed by atoms with van der Waals surface area (Å²) in [6.07, 6.45) is 0.750. The molecule has 1 atom stereocenters. The Morgan fingerprint density at radius 2 is 1.57 bits per heavy atom. The molecule has 0 bridgehead atoms. The second-order valence-electron chi connectivity index (χ2n) is 9.33. The van der Waals surface area contributed by atoms with Crippen LogP contribution in [0.4, 0.5) is 11.4 Å². The van der Waals surface area contributed by atoms with Crippen LogP contribution in [0.1, 0.15) is 34.0 Å². The molecule has 1 aliphatic rings. The number of carbonyl (C=O) groups excluding carboxylic acids is 1. The van der Waals surface area contributed by atoms with Gasteiger partial charge in [0.05, 0.1) is 22.7 Å². The predicted octanol–water partition coefficient (Wildman–Crippen LogP) is 6.64. The van der Waals surface area contributed by atoms with Gasteiger partial charge in [-0.05, 0) is 73.9 Å². The Hall–Kier alpha value is -3.61. The van der Waals surface area contributed by atoms with Crippen LogP contribution in [0.15, 0.2) is 102 Å². The van der Waals surface area contributed by atoms with Gasteiger partial charge in [0.1, 0.15) is 0 Å². The van der Waals surface area contributed by atoms with E-state index in [1.807, 2.05) is 38.1 Å². The van der Waals surface area contributed by atoms with E-state index in [9.17, 15) is 13.2 Å². The second-order valence-corrected chi connectivity index (χ2v) is 11.6. The monoisotopic (exact) mass is 530 g/mol. The van der Waals surface area contributed by atoms with Crippen LogP contribution in [0.2, 0.25) is 5.02 Å². The molecule has 4 aromatic carbocycles. The standard InChI is InChI=1S/C30H27ClN2O3S/c1-21-11-17-26(18-12-21)37(35,36)32(20-23-13-15-25(31)16-14-23)29-10-6-4-8-27(29)30(34)33-22(2)19-24-7-3-5-9-28(24)33/h3-18,22H,19-20H2,1-2H3. The molecule has 1 unspecified atom stereocenters. The zero-order valence-electron chi connectivity index (χ0n) is 20.6. The largest absolute Gasteiger partial charge is 0.305 e. The van der Waals surface area contributed by atoms with Crippen molar-refractivity contribution in [1.29, 1.82) is 0 Å². The van der Waals surface area contributed by atoms with Crippen LogP contribution in [0, 0.1) is 6.92 Å². The first kappa shape index (κ1) is 25.1. The topological polar surface area (TPSA) is 57.7 Å². The molecule has 0 radical (unpaired) electrons. The molecule has 4 aromatic rings. The Balaban J connectivity index is 1.63. The second kappa shape index (κ2) is 10.0. The van der Waals surface area contributed by atoms with Gasteiger partial charge in [-0.3, -0.25) is 9.10 Å². The van der Waals surface area contributed by atoms with Crippen molar-refractivity contribution in [1.82, 2.24) is 0 Å². The normalized spacial score (nSPS) is 14.9. The van der Waals surface area contributed by atoms with Crippen molar-refractivity contribution in [3.05, 3.63) is 124 Å². The highest BCUT2D eigenvalue weighted by atomic mass is 35.5. The van der Waals surface area contributed by atoms with Gasteiger partial charge in [-0.25, -0.2) is 8.42 Å². The first-order chi connectivity index (χ1) is 17.8. The quantitative estimate of drug-likeness (QED) is 0.281. The van der Waals surface area contributed by atoms with Gasteiger partial charge < -0.3 is 4.90 Å². The predicted molar refractivity (Wildman–Crippen MR) is 149 cm³/mol. The Morgan fingerprint density at radius 3 is 2.30 bits per heavy atom. The van der Waals surface area contributed by atoms with E-state index >= 15 is 0 Å². The van der Waals surface area contributed by atoms with Crippen molar-refractivity contribution in [2.24, 2.45) is 0 Å². The molecule has 0 saturated carbocycles. The minimum absolute atomic E-state index is 0.0450. The van der Waals surface area contributed by atoms with Crippen molar-refractivity contribution in [3.8, 4) is 0 Å². The van der Waals surface area contributed by atoms with Crippen molar-refractivity contribution in [2.45, 2.75) is 37.8 Å². The number of aryl methyl sites for hydroxylation is 1. The molecule has 188 valence electrons. The maximum absolute atomic E-state index is 14.0. The van der Waals surface area contributed by atoms with Crippen LogP contribution < -0.4 is 9.21 Å². The van der Waals surface area contributed by atoms with E-state index in [-0.39, 0.29) is 23.4 Å². The van der Waals surface area contributed by atoms with Gasteiger partial charge in [-0.2, -0.15) is 0 Å². The number of hydrogen-bond acceptors (Lipinski definition) is 3. The van der Waals surface area contributed by atoms with Crippen LogP contribution in [0.5, 0.6) is 0 Å². The van der Waals surface area contributed by atoms with Gasteiger partial charge in [0.2, 0.25) is 0 Å². The molecule has 0 saturated heterocycles. The van der Waals surface area contributed by atoms with Gasteiger partial charge in [-0.15, -0.1) is 0 Å². The summed E-state index contributed by atoms with van der Waals surface area (Å²) < 4.78 is 29.4. The summed E-state index contributed by atoms with van der Waals surface area (Å²) in [5.41, 5.74) is 4.34. The smallest absolute Gasteiger partial charge is 0.264 e. The fraction of sp³-hybridized carbons (Fsp3) is 0.167. The number of halogens is 1. The number of carbonyl (C=O) groups is 1. The van der Waals surface area contributed by atoms with Crippen LogP contribution in [0.25, 0.3) is 0 Å². The van der Waals surface area contributed by atoms with E-state index < -0.39 is 10.0 Å². The minimum atomic E-state index is -4.00. The van der Waals surface area contributed by atoms with Crippen molar-refractivity contribution < 1.29 is 13.2 Å². The summed E-state index contributed by atoms with van der Waals surface area (Å²) >= 11 is 6.08. The third kappa shape index (κ3) is 4.87. The highest BCUT2D eigenvalue weighted by Gasteiger charge is 2.35. The molecule has 0 aliphatic carbocycles. The van der Waals surface area contributed by atoms with Crippen LogP contribution in [0.3, 0.4) is 0 Å². The Labute approximate surface area is 223 Å². The lowest BCUT2D eigenvalue weighted by Gasteiger charge is -2.29. The van der Waals surface area contributed by atoms with Gasteiger partial charge in [0, 0.05) is 16.8 Å². The molecule has 0 aromatic heterocycles. The summed E-state index contributed by atoms with van der Waals surface area (Å²) in [6, 6.07) is 28.5. The molecule has 7 heteroatoms. The molecular formula is C30H27ClN2O3S. The fourth-order valence-electron chi connectivity index (χ4n) is 4.77. The Kier molecular flexibility index (Phi) is 6.80. The molecular weight excluding hydrogens is 504 g/mol. The highest BCUT2D eigenvalue weighted by molar-refractivity contribution is 7.92. The number of amides is 1. The number of benzene rings is 4. The molecule has 0 N–H and O–H groups in total. The first-order valence-corrected chi connectivity index (χ1v) is 13.9. The van der Waals surface area contributed by atoms with E-state index in [4.69, 9.17) is 11.6 Å². The maximum Gasteiger partial charge on any atom is 0.264 e. The summed E-state index contributed by atoms with van der Waals surface area (Å²) in [6.45, 7) is 3.96. The van der Waals surface area contributed by atoms with Crippen molar-refractivity contribution in [2.75, 3.05) is 9.21 Å². The van der Waals surface area contributed by atoms with Crippen LogP contribution in [-0.4, -0.2) is 20.4 Å². The SMILES string of the molecule is Cc1ccc(S(=O)(=O)N(Cc2ccc(Cl)cc2)c2ccccc2C(=O)N2c3ccccc3CC2C)cc1. The van der Waals surface area contributed by atoms with Crippen molar-refractivity contribution in [3.63, 3.8) is 0 Å². The fourth-order valence-corrected chi connectivity index (χ4v) is 6.37. The van der Waals surface area contributed by atoms with E-state index in [2.05, 4.69) is 0 Å². The van der Waals surface area contributed by atoms with Crippen molar-refractivity contribution >= 4 is 38.9 Å². The number of sulfonamides is 1. The van der Waals surface area contributed by atoms with E-state index in [0.717, 1.165) is 28.8 Å². The summed E-state index contributed by atoms with van der Waals surface area (Å²) in [5.74, 6) is -0.228. The van der Waals surface area contributed by atoms with Gasteiger partial charge in [0.25, 0.3) is 15.9 Å². The van der Waals surface area contributed by atoms with Crippen LogP contribution >= 0.6 is 11.6 Å². The van der Waals surface area contributed by atoms with Gasteiger partial charge >= 0.3 is 0 Å². The number of fused-ring (bicyclic) bond motifs is 1. The zero-order valence-corrected chi connectivity index (χ0v) is 22.2. The summed E-state index contributed by atoms with van der Waals surface area (Å²) in [4.78, 5) is 16.0. The minimum Gasteiger partial charge on any atom is -0.305 e. The lowest BCUT2D eigenvalue weighted by atomic mass is 10.1. The molecule has 1 aliphatic heterocycles. The highest BCUT2D eigenvalue weighted by Crippen LogP contribution is 2.36. The van der Waals surface area contributed by atoms with Gasteiger partial charge in [0.15, 0.2) is 0 Å². The number of rotatable bonds is 6. The average Bonchev–Trinajstić information content (AvgIpc) is 3.23. The lowest BCUT2D eigenvalue weighted by molar-refractivity contribution is 0.0982. The number of para-hydroxylation sites is 2. The molecule has 5 rings (SSSR count). The number of anilines is 2. The Bertz CT molecular complexity index is 1550. The summed E-state index contributed by atoms with van der Waals surface area (Å²) in [7, 11) is -4.00.